The number of hydrogen-bond acceptors (Lipinski definition) is 2. The standard InChI is InChI=1S/C18H28N2/c1-14-8-4-5-10-18(14)16(3)20-13-17-9-6-7-11-19(17)12-15(20)2/h4-5,8,10,15-17H,6-7,9,11-13H2,1-3H3. The molecule has 2 aliphatic heterocycles. The van der Waals surface area contributed by atoms with Gasteiger partial charge in [0.05, 0.1) is 0 Å². The molecule has 0 radical (unpaired) electrons. The molecule has 2 nitrogen and oxygen atoms in total. The van der Waals surface area contributed by atoms with Gasteiger partial charge < -0.3 is 0 Å². The first kappa shape index (κ1) is 14.1. The molecule has 2 saturated heterocycles. The van der Waals surface area contributed by atoms with Gasteiger partial charge in [-0.05, 0) is 51.3 Å². The molecular weight excluding hydrogens is 244 g/mol. The van der Waals surface area contributed by atoms with Crippen LogP contribution in [0, 0.1) is 6.92 Å². The Morgan fingerprint density at radius 3 is 2.75 bits per heavy atom. The highest BCUT2D eigenvalue weighted by molar-refractivity contribution is 5.28. The van der Waals surface area contributed by atoms with Crippen LogP contribution in [0.25, 0.3) is 0 Å². The Morgan fingerprint density at radius 2 is 1.95 bits per heavy atom. The van der Waals surface area contributed by atoms with E-state index in [9.17, 15) is 0 Å². The molecule has 2 fully saturated rings. The number of hydrogen-bond donors (Lipinski definition) is 0. The molecule has 0 saturated carbocycles. The van der Waals surface area contributed by atoms with Crippen LogP contribution in [-0.4, -0.2) is 41.5 Å². The van der Waals surface area contributed by atoms with Gasteiger partial charge in [-0.15, -0.1) is 0 Å². The number of aryl methyl sites for hydroxylation is 1. The van der Waals surface area contributed by atoms with Gasteiger partial charge in [-0.2, -0.15) is 0 Å². The van der Waals surface area contributed by atoms with Crippen LogP contribution in [0.1, 0.15) is 50.3 Å². The number of piperidine rings is 1. The Bertz CT molecular complexity index is 456. The zero-order valence-corrected chi connectivity index (χ0v) is 13.2. The number of piperazine rings is 1. The van der Waals surface area contributed by atoms with E-state index in [4.69, 9.17) is 0 Å². The molecular formula is C18H28N2. The first-order chi connectivity index (χ1) is 9.66. The van der Waals surface area contributed by atoms with Gasteiger partial charge in [-0.1, -0.05) is 30.7 Å². The minimum atomic E-state index is 0.537. The number of benzene rings is 1. The van der Waals surface area contributed by atoms with Crippen LogP contribution < -0.4 is 0 Å². The summed E-state index contributed by atoms with van der Waals surface area (Å²) in [5, 5.41) is 0. The van der Waals surface area contributed by atoms with Gasteiger partial charge in [0.25, 0.3) is 0 Å². The molecule has 1 aromatic carbocycles. The van der Waals surface area contributed by atoms with Crippen molar-refractivity contribution in [3.63, 3.8) is 0 Å². The highest BCUT2D eigenvalue weighted by Crippen LogP contribution is 2.31. The van der Waals surface area contributed by atoms with E-state index in [0.717, 1.165) is 6.04 Å². The average molecular weight is 272 g/mol. The molecule has 0 bridgehead atoms. The van der Waals surface area contributed by atoms with Gasteiger partial charge in [-0.25, -0.2) is 0 Å². The maximum absolute atomic E-state index is 2.73. The second kappa shape index (κ2) is 5.87. The largest absolute Gasteiger partial charge is 0.298 e. The van der Waals surface area contributed by atoms with Crippen LogP contribution in [0.3, 0.4) is 0 Å². The van der Waals surface area contributed by atoms with Crippen molar-refractivity contribution in [2.45, 2.75) is 58.2 Å². The van der Waals surface area contributed by atoms with E-state index in [1.54, 1.807) is 0 Å². The van der Waals surface area contributed by atoms with Crippen molar-refractivity contribution in [2.75, 3.05) is 19.6 Å². The minimum absolute atomic E-state index is 0.537. The monoisotopic (exact) mass is 272 g/mol. The second-order valence-corrected chi connectivity index (χ2v) is 6.72. The molecule has 3 unspecified atom stereocenters. The third-order valence-corrected chi connectivity index (χ3v) is 5.37. The van der Waals surface area contributed by atoms with Gasteiger partial charge in [0.15, 0.2) is 0 Å². The smallest absolute Gasteiger partial charge is 0.0326 e. The van der Waals surface area contributed by atoms with Crippen molar-refractivity contribution in [2.24, 2.45) is 0 Å². The summed E-state index contributed by atoms with van der Waals surface area (Å²) in [4.78, 5) is 5.46. The fourth-order valence-electron chi connectivity index (χ4n) is 4.15. The molecule has 0 amide bonds. The molecule has 3 atom stereocenters. The molecule has 2 heteroatoms. The highest BCUT2D eigenvalue weighted by Gasteiger charge is 2.35. The van der Waals surface area contributed by atoms with Crippen LogP contribution in [0.2, 0.25) is 0 Å². The third kappa shape index (κ3) is 2.64. The van der Waals surface area contributed by atoms with E-state index in [1.165, 1.54) is 50.0 Å². The third-order valence-electron chi connectivity index (χ3n) is 5.37. The van der Waals surface area contributed by atoms with Crippen LogP contribution in [-0.2, 0) is 0 Å². The van der Waals surface area contributed by atoms with Crippen molar-refractivity contribution >= 4 is 0 Å². The normalized spacial score (nSPS) is 29.9. The van der Waals surface area contributed by atoms with Crippen molar-refractivity contribution in [3.05, 3.63) is 35.4 Å². The lowest BCUT2D eigenvalue weighted by Crippen LogP contribution is -2.59. The van der Waals surface area contributed by atoms with Crippen LogP contribution in [0.15, 0.2) is 24.3 Å². The molecule has 0 N–H and O–H groups in total. The summed E-state index contributed by atoms with van der Waals surface area (Å²) < 4.78 is 0. The fourth-order valence-corrected chi connectivity index (χ4v) is 4.15. The van der Waals surface area contributed by atoms with E-state index in [0.29, 0.717) is 12.1 Å². The molecule has 0 aromatic heterocycles. The predicted molar refractivity (Wildman–Crippen MR) is 85.0 cm³/mol. The van der Waals surface area contributed by atoms with Gasteiger partial charge >= 0.3 is 0 Å². The lowest BCUT2D eigenvalue weighted by atomic mass is 9.93. The van der Waals surface area contributed by atoms with Gasteiger partial charge in [0.1, 0.15) is 0 Å². The lowest BCUT2D eigenvalue weighted by molar-refractivity contribution is -0.00471. The Labute approximate surface area is 123 Å². The van der Waals surface area contributed by atoms with Gasteiger partial charge in [0.2, 0.25) is 0 Å². The maximum atomic E-state index is 2.73. The van der Waals surface area contributed by atoms with Crippen LogP contribution in [0.4, 0.5) is 0 Å². The Morgan fingerprint density at radius 1 is 1.15 bits per heavy atom. The maximum Gasteiger partial charge on any atom is 0.0326 e. The van der Waals surface area contributed by atoms with Gasteiger partial charge in [0, 0.05) is 31.2 Å². The minimum Gasteiger partial charge on any atom is -0.298 e. The van der Waals surface area contributed by atoms with E-state index >= 15 is 0 Å². The van der Waals surface area contributed by atoms with E-state index in [1.807, 2.05) is 0 Å². The Balaban J connectivity index is 1.77. The zero-order valence-electron chi connectivity index (χ0n) is 13.2. The molecule has 2 heterocycles. The highest BCUT2D eigenvalue weighted by atomic mass is 15.3. The zero-order chi connectivity index (χ0) is 14.1. The first-order valence-electron chi connectivity index (χ1n) is 8.22. The number of rotatable bonds is 2. The summed E-state index contributed by atoms with van der Waals surface area (Å²) in [7, 11) is 0. The first-order valence-corrected chi connectivity index (χ1v) is 8.22. The van der Waals surface area contributed by atoms with Gasteiger partial charge in [-0.3, -0.25) is 9.80 Å². The molecule has 0 aliphatic carbocycles. The van der Waals surface area contributed by atoms with Crippen molar-refractivity contribution in [1.29, 1.82) is 0 Å². The van der Waals surface area contributed by atoms with Crippen LogP contribution in [0.5, 0.6) is 0 Å². The summed E-state index contributed by atoms with van der Waals surface area (Å²) in [6.07, 6.45) is 4.21. The molecule has 1 aromatic rings. The van der Waals surface area contributed by atoms with Crippen molar-refractivity contribution < 1.29 is 0 Å². The van der Waals surface area contributed by atoms with E-state index in [-0.39, 0.29) is 0 Å². The molecule has 3 rings (SSSR count). The SMILES string of the molecule is Cc1ccccc1C(C)N1CC2CCCCN2CC1C. The average Bonchev–Trinajstić information content (AvgIpc) is 2.46. The van der Waals surface area contributed by atoms with Crippen LogP contribution >= 0.6 is 0 Å². The summed E-state index contributed by atoms with van der Waals surface area (Å²) in [5.74, 6) is 0. The molecule has 20 heavy (non-hydrogen) atoms. The summed E-state index contributed by atoms with van der Waals surface area (Å²) in [6, 6.07) is 10.9. The second-order valence-electron chi connectivity index (χ2n) is 6.72. The molecule has 0 spiro atoms. The molecule has 2 aliphatic rings. The summed E-state index contributed by atoms with van der Waals surface area (Å²) in [6.45, 7) is 10.9. The fraction of sp³-hybridized carbons (Fsp3) is 0.667. The van der Waals surface area contributed by atoms with Crippen molar-refractivity contribution in [3.8, 4) is 0 Å². The number of fused-ring (bicyclic) bond motifs is 1. The predicted octanol–water partition coefficient (Wildman–Crippen LogP) is 3.61. The topological polar surface area (TPSA) is 6.48 Å². The van der Waals surface area contributed by atoms with E-state index in [2.05, 4.69) is 54.8 Å². The van der Waals surface area contributed by atoms with Crippen molar-refractivity contribution in [1.82, 2.24) is 9.80 Å². The lowest BCUT2D eigenvalue weighted by Gasteiger charge is -2.49. The Kier molecular flexibility index (Phi) is 4.13. The number of nitrogens with zero attached hydrogens (tertiary/aromatic N) is 2. The Hall–Kier alpha value is -0.860. The van der Waals surface area contributed by atoms with E-state index < -0.39 is 0 Å². The summed E-state index contributed by atoms with van der Waals surface area (Å²) in [5.41, 5.74) is 2.93. The quantitative estimate of drug-likeness (QED) is 0.811. The molecule has 110 valence electrons. The summed E-state index contributed by atoms with van der Waals surface area (Å²) >= 11 is 0.